The van der Waals surface area contributed by atoms with Crippen LogP contribution in [0.4, 0.5) is 5.69 Å². The maximum absolute atomic E-state index is 10.7. The van der Waals surface area contributed by atoms with Gasteiger partial charge in [-0.15, -0.1) is 0 Å². The van der Waals surface area contributed by atoms with E-state index < -0.39 is 14.0 Å². The van der Waals surface area contributed by atoms with E-state index in [1.807, 2.05) is 0 Å². The van der Waals surface area contributed by atoms with Crippen LogP contribution in [-0.4, -0.2) is 25.7 Å². The first kappa shape index (κ1) is 16.7. The van der Waals surface area contributed by atoms with Gasteiger partial charge in [-0.3, -0.25) is 10.1 Å². The Morgan fingerprint density at radius 3 is 2.55 bits per heavy atom. The summed E-state index contributed by atoms with van der Waals surface area (Å²) in [4.78, 5) is 10.1. The number of non-ortho nitro benzene ring substituents is 1. The predicted octanol–water partition coefficient (Wildman–Crippen LogP) is 3.10. The van der Waals surface area contributed by atoms with Gasteiger partial charge in [0.05, 0.1) is 23.3 Å². The van der Waals surface area contributed by atoms with Gasteiger partial charge in [0.2, 0.25) is 9.05 Å². The van der Waals surface area contributed by atoms with Crippen molar-refractivity contribution in [2.24, 2.45) is 0 Å². The van der Waals surface area contributed by atoms with Crippen molar-refractivity contribution in [1.82, 2.24) is 0 Å². The lowest BCUT2D eigenvalue weighted by Crippen LogP contribution is -2.00. The monoisotopic (exact) mass is 321 g/mol. The minimum atomic E-state index is -3.40. The van der Waals surface area contributed by atoms with Crippen molar-refractivity contribution in [2.45, 2.75) is 25.7 Å². The van der Waals surface area contributed by atoms with Gasteiger partial charge in [0.15, 0.2) is 0 Å². The van der Waals surface area contributed by atoms with E-state index in [0.29, 0.717) is 18.8 Å². The highest BCUT2D eigenvalue weighted by Crippen LogP contribution is 2.19. The van der Waals surface area contributed by atoms with Gasteiger partial charge in [0, 0.05) is 16.7 Å². The summed E-state index contributed by atoms with van der Waals surface area (Å²) in [7, 11) is 1.69. The third kappa shape index (κ3) is 7.30. The largest absolute Gasteiger partial charge is 0.493 e. The highest BCUT2D eigenvalue weighted by Gasteiger charge is 2.06. The maximum atomic E-state index is 10.7. The van der Waals surface area contributed by atoms with Crippen LogP contribution in [0.1, 0.15) is 25.7 Å². The number of unbranched alkanes of at least 4 members (excludes halogenated alkanes) is 3. The Hall–Kier alpha value is -1.34. The number of hydrogen-bond acceptors (Lipinski definition) is 5. The summed E-state index contributed by atoms with van der Waals surface area (Å²) >= 11 is 0. The zero-order valence-electron chi connectivity index (χ0n) is 10.8. The third-order valence-corrected chi connectivity index (χ3v) is 3.82. The van der Waals surface area contributed by atoms with Crippen molar-refractivity contribution in [3.63, 3.8) is 0 Å². The van der Waals surface area contributed by atoms with E-state index in [0.717, 1.165) is 19.3 Å². The van der Waals surface area contributed by atoms with Crippen LogP contribution in [0.2, 0.25) is 0 Å². The molecule has 1 aromatic carbocycles. The zero-order chi connectivity index (χ0) is 15.0. The molecule has 6 nitrogen and oxygen atoms in total. The molecule has 0 saturated heterocycles. The summed E-state index contributed by atoms with van der Waals surface area (Å²) in [5.41, 5.74) is -0.00480. The molecular weight excluding hydrogens is 306 g/mol. The first-order valence-corrected chi connectivity index (χ1v) is 8.66. The molecule has 0 saturated carbocycles. The molecule has 8 heteroatoms. The van der Waals surface area contributed by atoms with E-state index in [4.69, 9.17) is 15.4 Å². The molecule has 0 radical (unpaired) electrons. The van der Waals surface area contributed by atoms with Gasteiger partial charge in [-0.2, -0.15) is 0 Å². The molecule has 0 N–H and O–H groups in total. The van der Waals surface area contributed by atoms with Crippen LogP contribution in [0.5, 0.6) is 5.75 Å². The molecule has 0 atom stereocenters. The van der Waals surface area contributed by atoms with Crippen LogP contribution < -0.4 is 4.74 Å². The lowest BCUT2D eigenvalue weighted by atomic mass is 10.2. The maximum Gasteiger partial charge on any atom is 0.273 e. The molecule has 0 bridgehead atoms. The van der Waals surface area contributed by atoms with Crippen molar-refractivity contribution in [1.29, 1.82) is 0 Å². The van der Waals surface area contributed by atoms with Gasteiger partial charge >= 0.3 is 0 Å². The number of benzene rings is 1. The van der Waals surface area contributed by atoms with Crippen molar-refractivity contribution < 1.29 is 18.1 Å². The molecule has 0 aliphatic carbocycles. The van der Waals surface area contributed by atoms with Gasteiger partial charge in [0.25, 0.3) is 5.69 Å². The van der Waals surface area contributed by atoms with Crippen molar-refractivity contribution >= 4 is 25.4 Å². The van der Waals surface area contributed by atoms with Gasteiger partial charge in [0.1, 0.15) is 5.75 Å². The summed E-state index contributed by atoms with van der Waals surface area (Å²) in [5, 5.41) is 10.6. The van der Waals surface area contributed by atoms with Crippen molar-refractivity contribution in [3.05, 3.63) is 34.4 Å². The number of rotatable bonds is 9. The Balaban J connectivity index is 2.18. The van der Waals surface area contributed by atoms with Crippen LogP contribution in [0.15, 0.2) is 24.3 Å². The Morgan fingerprint density at radius 1 is 1.20 bits per heavy atom. The summed E-state index contributed by atoms with van der Waals surface area (Å²) in [6.07, 6.45) is 2.86. The summed E-state index contributed by atoms with van der Waals surface area (Å²) in [6, 6.07) is 6.01. The molecule has 1 aromatic rings. The molecule has 0 spiro atoms. The second-order valence-corrected chi connectivity index (χ2v) is 7.16. The molecule has 0 aliphatic heterocycles. The number of nitrogens with zero attached hydrogens (tertiary/aromatic N) is 1. The van der Waals surface area contributed by atoms with E-state index in [2.05, 4.69) is 0 Å². The summed E-state index contributed by atoms with van der Waals surface area (Å²) in [6.45, 7) is 0.439. The molecule has 0 unspecified atom stereocenters. The fraction of sp³-hybridized carbons (Fsp3) is 0.500. The first-order valence-electron chi connectivity index (χ1n) is 6.18. The van der Waals surface area contributed by atoms with Gasteiger partial charge in [-0.1, -0.05) is 18.9 Å². The van der Waals surface area contributed by atoms with Crippen LogP contribution in [0.3, 0.4) is 0 Å². The highest BCUT2D eigenvalue weighted by atomic mass is 35.7. The molecule has 0 aromatic heterocycles. The molecule has 20 heavy (non-hydrogen) atoms. The van der Waals surface area contributed by atoms with Crippen molar-refractivity contribution in [2.75, 3.05) is 12.4 Å². The minimum Gasteiger partial charge on any atom is -0.493 e. The van der Waals surface area contributed by atoms with Crippen LogP contribution in [-0.2, 0) is 9.05 Å². The Morgan fingerprint density at radius 2 is 1.90 bits per heavy atom. The van der Waals surface area contributed by atoms with E-state index in [1.165, 1.54) is 12.1 Å². The number of ether oxygens (including phenoxy) is 1. The zero-order valence-corrected chi connectivity index (χ0v) is 12.4. The molecule has 0 aliphatic rings. The lowest BCUT2D eigenvalue weighted by molar-refractivity contribution is -0.384. The van der Waals surface area contributed by atoms with Gasteiger partial charge in [-0.05, 0) is 18.9 Å². The van der Waals surface area contributed by atoms with Crippen LogP contribution >= 0.6 is 10.7 Å². The van der Waals surface area contributed by atoms with Crippen molar-refractivity contribution in [3.8, 4) is 5.75 Å². The number of hydrogen-bond donors (Lipinski definition) is 0. The van der Waals surface area contributed by atoms with E-state index in [9.17, 15) is 18.5 Å². The Kier molecular flexibility index (Phi) is 6.74. The molecule has 1 rings (SSSR count). The molecule has 0 heterocycles. The fourth-order valence-electron chi connectivity index (χ4n) is 1.61. The predicted molar refractivity (Wildman–Crippen MR) is 76.7 cm³/mol. The summed E-state index contributed by atoms with van der Waals surface area (Å²) in [5.74, 6) is 0.447. The van der Waals surface area contributed by atoms with Crippen LogP contribution in [0.25, 0.3) is 0 Å². The fourth-order valence-corrected chi connectivity index (χ4v) is 2.48. The number of halogens is 1. The quantitative estimate of drug-likeness (QED) is 0.302. The molecular formula is C12H16ClNO5S. The average molecular weight is 322 g/mol. The minimum absolute atomic E-state index is 0.00480. The van der Waals surface area contributed by atoms with E-state index in [-0.39, 0.29) is 11.4 Å². The molecule has 0 fully saturated rings. The molecule has 112 valence electrons. The normalized spacial score (nSPS) is 11.2. The SMILES string of the molecule is O=[N+]([O-])c1cccc(OCCCCCCS(=O)(=O)Cl)c1. The Bertz CT molecular complexity index is 547. The summed E-state index contributed by atoms with van der Waals surface area (Å²) < 4.78 is 26.8. The second-order valence-electron chi connectivity index (χ2n) is 4.26. The van der Waals surface area contributed by atoms with Gasteiger partial charge < -0.3 is 4.74 Å². The first-order chi connectivity index (χ1) is 9.38. The number of nitro benzene ring substituents is 1. The number of nitro groups is 1. The topological polar surface area (TPSA) is 86.5 Å². The standard InChI is InChI=1S/C12H16ClNO5S/c13-20(17,18)9-4-2-1-3-8-19-12-7-5-6-11(10-12)14(15)16/h5-7,10H,1-4,8-9H2. The smallest absolute Gasteiger partial charge is 0.273 e. The average Bonchev–Trinajstić information content (AvgIpc) is 2.36. The van der Waals surface area contributed by atoms with E-state index in [1.54, 1.807) is 12.1 Å². The lowest BCUT2D eigenvalue weighted by Gasteiger charge is -2.05. The van der Waals surface area contributed by atoms with Crippen LogP contribution in [0, 0.1) is 10.1 Å². The third-order valence-electron chi connectivity index (χ3n) is 2.58. The second kappa shape index (κ2) is 8.06. The highest BCUT2D eigenvalue weighted by molar-refractivity contribution is 8.13. The van der Waals surface area contributed by atoms with E-state index >= 15 is 0 Å². The van der Waals surface area contributed by atoms with Gasteiger partial charge in [-0.25, -0.2) is 8.42 Å². The Labute approximate surface area is 122 Å². The molecule has 0 amide bonds.